The maximum Gasteiger partial charge on any atom is 0.415 e. The van der Waals surface area contributed by atoms with Crippen LogP contribution in [-0.4, -0.2) is 56.2 Å². The van der Waals surface area contributed by atoms with Gasteiger partial charge in [-0.2, -0.15) is 0 Å². The van der Waals surface area contributed by atoms with E-state index in [4.69, 9.17) is 4.74 Å². The largest absolute Gasteiger partial charge is 0.415 e. The third kappa shape index (κ3) is 3.85. The Bertz CT molecular complexity index is 715. The van der Waals surface area contributed by atoms with Gasteiger partial charge in [0.15, 0.2) is 11.6 Å². The number of piperazine rings is 1. The highest BCUT2D eigenvalue weighted by molar-refractivity contribution is 5.72. The van der Waals surface area contributed by atoms with Gasteiger partial charge in [0.2, 0.25) is 0 Å². The molecule has 0 spiro atoms. The fourth-order valence-electron chi connectivity index (χ4n) is 3.07. The molecule has 1 aliphatic heterocycles. The fraction of sp³-hybridized carbons (Fsp3) is 0.412. The molecule has 8 nitrogen and oxygen atoms in total. The number of aliphatic hydroxyl groups excluding tert-OH is 1. The predicted molar refractivity (Wildman–Crippen MR) is 91.2 cm³/mol. The highest BCUT2D eigenvalue weighted by Gasteiger charge is 2.34. The lowest BCUT2D eigenvalue weighted by atomic mass is 10.1. The minimum atomic E-state index is -0.383. The Morgan fingerprint density at radius 2 is 2.04 bits per heavy atom. The van der Waals surface area contributed by atoms with Crippen LogP contribution in [0.15, 0.2) is 36.8 Å². The Balaban J connectivity index is 1.70. The molecular formula is C17H21N5O3. The minimum Gasteiger partial charge on any atom is -0.409 e. The number of carbonyl (C=O) groups is 1. The molecule has 0 aromatic carbocycles. The van der Waals surface area contributed by atoms with Gasteiger partial charge in [0, 0.05) is 25.5 Å². The quantitative estimate of drug-likeness (QED) is 0.902. The Kier molecular flexibility index (Phi) is 5.08. The average molecular weight is 343 g/mol. The van der Waals surface area contributed by atoms with Crippen LogP contribution in [-0.2, 0) is 6.61 Å². The first-order valence-corrected chi connectivity index (χ1v) is 8.16. The van der Waals surface area contributed by atoms with Crippen LogP contribution in [0.3, 0.4) is 0 Å². The normalized spacial score (nSPS) is 20.4. The van der Waals surface area contributed by atoms with Gasteiger partial charge in [0.1, 0.15) is 12.4 Å². The number of aromatic nitrogens is 3. The molecule has 0 aliphatic carbocycles. The van der Waals surface area contributed by atoms with Crippen LogP contribution in [0.4, 0.5) is 10.6 Å². The SMILES string of the molecule is CC1CN(c2ccnc(CO)n2)CC(C)N1C(=O)Oc1cccnc1. The monoisotopic (exact) mass is 343 g/mol. The Labute approximate surface area is 146 Å². The third-order valence-corrected chi connectivity index (χ3v) is 4.13. The number of carbonyl (C=O) groups excluding carboxylic acids is 1. The molecule has 2 aromatic rings. The summed E-state index contributed by atoms with van der Waals surface area (Å²) in [6.45, 7) is 4.99. The fourth-order valence-corrected chi connectivity index (χ4v) is 3.07. The maximum atomic E-state index is 12.5. The summed E-state index contributed by atoms with van der Waals surface area (Å²) in [5, 5.41) is 9.20. The van der Waals surface area contributed by atoms with E-state index in [9.17, 15) is 9.90 Å². The van der Waals surface area contributed by atoms with Gasteiger partial charge in [-0.1, -0.05) is 0 Å². The summed E-state index contributed by atoms with van der Waals surface area (Å²) in [5.74, 6) is 1.56. The summed E-state index contributed by atoms with van der Waals surface area (Å²) in [6, 6.07) is 5.12. The van der Waals surface area contributed by atoms with E-state index in [1.165, 1.54) is 6.20 Å². The standard InChI is InChI=1S/C17H21N5O3/c1-12-9-21(16-5-7-19-15(11-23)20-16)10-13(2)22(12)17(24)25-14-4-3-6-18-8-14/h3-8,12-13,23H,9-11H2,1-2H3. The van der Waals surface area contributed by atoms with Gasteiger partial charge in [-0.3, -0.25) is 9.88 Å². The van der Waals surface area contributed by atoms with Crippen molar-refractivity contribution < 1.29 is 14.6 Å². The molecule has 132 valence electrons. The number of amides is 1. The van der Waals surface area contributed by atoms with Crippen LogP contribution >= 0.6 is 0 Å². The second-order valence-corrected chi connectivity index (χ2v) is 6.06. The molecule has 1 saturated heterocycles. The lowest BCUT2D eigenvalue weighted by Gasteiger charge is -2.44. The smallest absolute Gasteiger partial charge is 0.409 e. The summed E-state index contributed by atoms with van der Waals surface area (Å²) in [4.78, 5) is 28.6. The van der Waals surface area contributed by atoms with Crippen molar-refractivity contribution in [2.45, 2.75) is 32.5 Å². The van der Waals surface area contributed by atoms with E-state index in [0.29, 0.717) is 24.7 Å². The first kappa shape index (κ1) is 17.1. The summed E-state index contributed by atoms with van der Waals surface area (Å²) in [5.41, 5.74) is 0. The lowest BCUT2D eigenvalue weighted by molar-refractivity contribution is 0.104. The molecule has 1 amide bonds. The van der Waals surface area contributed by atoms with Gasteiger partial charge in [0.25, 0.3) is 0 Å². The zero-order valence-corrected chi connectivity index (χ0v) is 14.2. The third-order valence-electron chi connectivity index (χ3n) is 4.13. The number of aliphatic hydroxyl groups is 1. The molecule has 0 radical (unpaired) electrons. The first-order valence-electron chi connectivity index (χ1n) is 8.16. The van der Waals surface area contributed by atoms with Gasteiger partial charge in [0.05, 0.1) is 18.3 Å². The summed E-state index contributed by atoms with van der Waals surface area (Å²) < 4.78 is 5.42. The number of hydrogen-bond acceptors (Lipinski definition) is 7. The Morgan fingerprint density at radius 3 is 2.68 bits per heavy atom. The second-order valence-electron chi connectivity index (χ2n) is 6.06. The van der Waals surface area contributed by atoms with Crippen molar-refractivity contribution in [1.29, 1.82) is 0 Å². The van der Waals surface area contributed by atoms with Crippen LogP contribution in [0, 0.1) is 0 Å². The number of anilines is 1. The van der Waals surface area contributed by atoms with Gasteiger partial charge in [-0.05, 0) is 32.0 Å². The zero-order chi connectivity index (χ0) is 17.8. The molecule has 1 fully saturated rings. The maximum absolute atomic E-state index is 12.5. The van der Waals surface area contributed by atoms with Crippen LogP contribution in [0.25, 0.3) is 0 Å². The first-order chi connectivity index (χ1) is 12.1. The highest BCUT2D eigenvalue weighted by Crippen LogP contribution is 2.22. The number of pyridine rings is 1. The van der Waals surface area contributed by atoms with Crippen molar-refractivity contribution in [2.24, 2.45) is 0 Å². The number of ether oxygens (including phenoxy) is 1. The molecule has 3 heterocycles. The van der Waals surface area contributed by atoms with Crippen molar-refractivity contribution in [3.8, 4) is 5.75 Å². The molecule has 0 saturated carbocycles. The molecule has 8 heteroatoms. The Hall–Kier alpha value is -2.74. The van der Waals surface area contributed by atoms with E-state index in [1.54, 1.807) is 29.4 Å². The van der Waals surface area contributed by atoms with Crippen molar-refractivity contribution in [3.05, 3.63) is 42.6 Å². The molecule has 1 N–H and O–H groups in total. The van der Waals surface area contributed by atoms with Gasteiger partial charge in [-0.25, -0.2) is 14.8 Å². The van der Waals surface area contributed by atoms with E-state index in [1.807, 2.05) is 19.9 Å². The number of rotatable bonds is 3. The summed E-state index contributed by atoms with van der Waals surface area (Å²) in [6.07, 6.45) is 4.39. The van der Waals surface area contributed by atoms with Gasteiger partial charge >= 0.3 is 6.09 Å². The zero-order valence-electron chi connectivity index (χ0n) is 14.2. The lowest BCUT2D eigenvalue weighted by Crippen LogP contribution is -2.59. The van der Waals surface area contributed by atoms with Crippen molar-refractivity contribution in [3.63, 3.8) is 0 Å². The van der Waals surface area contributed by atoms with E-state index in [2.05, 4.69) is 19.9 Å². The number of nitrogens with zero attached hydrogens (tertiary/aromatic N) is 5. The second kappa shape index (κ2) is 7.43. The molecule has 2 unspecified atom stereocenters. The topological polar surface area (TPSA) is 91.7 Å². The molecule has 1 aliphatic rings. The molecule has 2 atom stereocenters. The summed E-state index contributed by atoms with van der Waals surface area (Å²) in [7, 11) is 0. The van der Waals surface area contributed by atoms with E-state index < -0.39 is 0 Å². The van der Waals surface area contributed by atoms with Crippen LogP contribution in [0.2, 0.25) is 0 Å². The van der Waals surface area contributed by atoms with Crippen LogP contribution in [0.1, 0.15) is 19.7 Å². The van der Waals surface area contributed by atoms with Gasteiger partial charge in [-0.15, -0.1) is 0 Å². The minimum absolute atomic E-state index is 0.0551. The molecular weight excluding hydrogens is 322 g/mol. The summed E-state index contributed by atoms with van der Waals surface area (Å²) >= 11 is 0. The molecule has 2 aromatic heterocycles. The molecule has 25 heavy (non-hydrogen) atoms. The van der Waals surface area contributed by atoms with Crippen molar-refractivity contribution in [1.82, 2.24) is 19.9 Å². The Morgan fingerprint density at radius 1 is 1.28 bits per heavy atom. The van der Waals surface area contributed by atoms with E-state index in [0.717, 1.165) is 5.82 Å². The molecule has 0 bridgehead atoms. The van der Waals surface area contributed by atoms with E-state index in [-0.39, 0.29) is 24.8 Å². The van der Waals surface area contributed by atoms with Crippen LogP contribution < -0.4 is 9.64 Å². The van der Waals surface area contributed by atoms with Crippen LogP contribution in [0.5, 0.6) is 5.75 Å². The predicted octanol–water partition coefficient (Wildman–Crippen LogP) is 1.46. The highest BCUT2D eigenvalue weighted by atomic mass is 16.6. The van der Waals surface area contributed by atoms with E-state index >= 15 is 0 Å². The van der Waals surface area contributed by atoms with Gasteiger partial charge < -0.3 is 14.7 Å². The van der Waals surface area contributed by atoms with Crippen molar-refractivity contribution >= 4 is 11.9 Å². The average Bonchev–Trinajstić information content (AvgIpc) is 2.62. The molecule has 3 rings (SSSR count). The van der Waals surface area contributed by atoms with Crippen molar-refractivity contribution in [2.75, 3.05) is 18.0 Å². The number of hydrogen-bond donors (Lipinski definition) is 1.